The molecule has 0 atom stereocenters. The number of carbonyl (C=O) groups is 2. The Hall–Kier alpha value is -1.28. The van der Waals surface area contributed by atoms with Gasteiger partial charge in [0.05, 0.1) is 16.1 Å². The fraction of sp³-hybridized carbons (Fsp3) is 0.143. The summed E-state index contributed by atoms with van der Waals surface area (Å²) in [6, 6.07) is 4.77. The van der Waals surface area contributed by atoms with Crippen molar-refractivity contribution in [3.63, 3.8) is 0 Å². The molecular weight excluding hydrogens is 392 g/mol. The van der Waals surface area contributed by atoms with E-state index < -0.39 is 5.82 Å². The molecule has 20 heavy (non-hydrogen) atoms. The average molecular weight is 403 g/mol. The number of benzene rings is 1. The van der Waals surface area contributed by atoms with Crippen molar-refractivity contribution in [3.05, 3.63) is 43.6 Å². The first-order valence-corrected chi connectivity index (χ1v) is 7.65. The predicted molar refractivity (Wildman–Crippen MR) is 86.8 cm³/mol. The molecule has 0 unspecified atom stereocenters. The summed E-state index contributed by atoms with van der Waals surface area (Å²) in [6.45, 7) is 3.16. The van der Waals surface area contributed by atoms with Gasteiger partial charge in [-0.15, -0.1) is 11.3 Å². The van der Waals surface area contributed by atoms with Gasteiger partial charge in [0.25, 0.3) is 0 Å². The Morgan fingerprint density at radius 2 is 2.15 bits per heavy atom. The Labute approximate surface area is 133 Å². The molecule has 1 N–H and O–H groups in total. The lowest BCUT2D eigenvalue weighted by Crippen LogP contribution is -1.95. The lowest BCUT2D eigenvalue weighted by Gasteiger charge is -2.06. The Morgan fingerprint density at radius 3 is 2.70 bits per heavy atom. The topological polar surface area (TPSA) is 46.2 Å². The van der Waals surface area contributed by atoms with E-state index in [1.165, 1.54) is 24.3 Å². The van der Waals surface area contributed by atoms with Crippen LogP contribution in [0.25, 0.3) is 0 Å². The van der Waals surface area contributed by atoms with Gasteiger partial charge >= 0.3 is 0 Å². The molecule has 0 aliphatic heterocycles. The van der Waals surface area contributed by atoms with Crippen LogP contribution in [-0.2, 0) is 0 Å². The van der Waals surface area contributed by atoms with Gasteiger partial charge in [0.15, 0.2) is 12.1 Å². The summed E-state index contributed by atoms with van der Waals surface area (Å²) in [4.78, 5) is 23.2. The average Bonchev–Trinajstić information content (AvgIpc) is 2.69. The zero-order chi connectivity index (χ0) is 14.9. The number of rotatable bonds is 4. The zero-order valence-corrected chi connectivity index (χ0v) is 13.8. The number of nitrogens with one attached hydrogen (secondary N) is 1. The summed E-state index contributed by atoms with van der Waals surface area (Å²) in [5, 5.41) is 3.38. The van der Waals surface area contributed by atoms with Crippen LogP contribution in [0, 0.1) is 16.3 Å². The van der Waals surface area contributed by atoms with Gasteiger partial charge in [0.1, 0.15) is 10.8 Å². The van der Waals surface area contributed by atoms with Gasteiger partial charge in [-0.25, -0.2) is 4.39 Å². The van der Waals surface area contributed by atoms with E-state index in [0.29, 0.717) is 27.3 Å². The van der Waals surface area contributed by atoms with Gasteiger partial charge in [-0.2, -0.15) is 0 Å². The molecule has 3 nitrogen and oxygen atoms in total. The second-order valence-corrected chi connectivity index (χ2v) is 6.49. The van der Waals surface area contributed by atoms with E-state index in [9.17, 15) is 14.0 Å². The molecule has 0 saturated carbocycles. The molecule has 6 heteroatoms. The van der Waals surface area contributed by atoms with E-state index in [-0.39, 0.29) is 11.5 Å². The summed E-state index contributed by atoms with van der Waals surface area (Å²) < 4.78 is 14.6. The van der Waals surface area contributed by atoms with Crippen LogP contribution in [0.5, 0.6) is 0 Å². The fourth-order valence-electron chi connectivity index (χ4n) is 1.81. The summed E-state index contributed by atoms with van der Waals surface area (Å²) in [7, 11) is 0. The van der Waals surface area contributed by atoms with E-state index in [0.717, 1.165) is 3.57 Å². The Morgan fingerprint density at radius 1 is 1.45 bits per heavy atom. The lowest BCUT2D eigenvalue weighted by atomic mass is 10.1. The third kappa shape index (κ3) is 2.90. The smallest absolute Gasteiger partial charge is 0.170 e. The number of anilines is 2. The van der Waals surface area contributed by atoms with Crippen LogP contribution in [-0.4, -0.2) is 12.1 Å². The van der Waals surface area contributed by atoms with E-state index in [4.69, 9.17) is 0 Å². The van der Waals surface area contributed by atoms with Crippen molar-refractivity contribution in [2.75, 3.05) is 5.32 Å². The molecule has 2 rings (SSSR count). The van der Waals surface area contributed by atoms with Crippen LogP contribution in [0.4, 0.5) is 15.1 Å². The highest BCUT2D eigenvalue weighted by Crippen LogP contribution is 2.35. The number of halogens is 2. The van der Waals surface area contributed by atoms with Gasteiger partial charge < -0.3 is 5.32 Å². The fourth-order valence-corrected chi connectivity index (χ4v) is 3.35. The first-order valence-electron chi connectivity index (χ1n) is 5.75. The maximum absolute atomic E-state index is 13.8. The van der Waals surface area contributed by atoms with Crippen molar-refractivity contribution in [1.29, 1.82) is 0 Å². The van der Waals surface area contributed by atoms with Gasteiger partial charge in [0, 0.05) is 3.57 Å². The van der Waals surface area contributed by atoms with Crippen molar-refractivity contribution >= 4 is 56.7 Å². The van der Waals surface area contributed by atoms with Crippen LogP contribution in [0.1, 0.15) is 32.5 Å². The van der Waals surface area contributed by atoms with Crippen molar-refractivity contribution in [2.45, 2.75) is 13.8 Å². The minimum atomic E-state index is -0.399. The number of Topliss-reactive ketones (excluding diaryl/α,β-unsaturated/α-hetero) is 1. The molecule has 1 aromatic carbocycles. The minimum Gasteiger partial charge on any atom is -0.344 e. The van der Waals surface area contributed by atoms with Crippen LogP contribution in [0.15, 0.2) is 18.2 Å². The van der Waals surface area contributed by atoms with E-state index in [1.54, 1.807) is 19.1 Å². The SMILES string of the molecule is CC(=O)c1sc(Nc2ccc(I)cc2F)c(C=O)c1C. The van der Waals surface area contributed by atoms with E-state index >= 15 is 0 Å². The third-order valence-electron chi connectivity index (χ3n) is 2.81. The van der Waals surface area contributed by atoms with E-state index in [1.807, 2.05) is 22.6 Å². The monoisotopic (exact) mass is 403 g/mol. The van der Waals surface area contributed by atoms with Gasteiger partial charge in [0.2, 0.25) is 0 Å². The number of carbonyl (C=O) groups excluding carboxylic acids is 2. The summed E-state index contributed by atoms with van der Waals surface area (Å²) in [6.07, 6.45) is 0.686. The second kappa shape index (κ2) is 6.01. The largest absolute Gasteiger partial charge is 0.344 e. The molecule has 0 radical (unpaired) electrons. The maximum atomic E-state index is 13.8. The lowest BCUT2D eigenvalue weighted by molar-refractivity contribution is 0.102. The number of ketones is 1. The first kappa shape index (κ1) is 15.1. The van der Waals surface area contributed by atoms with Crippen LogP contribution < -0.4 is 5.32 Å². The molecule has 0 saturated heterocycles. The van der Waals surface area contributed by atoms with Gasteiger partial charge in [-0.3, -0.25) is 9.59 Å². The standard InChI is InChI=1S/C14H11FINO2S/c1-7-10(6-18)14(20-13(7)8(2)19)17-12-4-3-9(16)5-11(12)15/h3-6,17H,1-2H3. The highest BCUT2D eigenvalue weighted by atomic mass is 127. The van der Waals surface area contributed by atoms with Gasteiger partial charge in [-0.05, 0) is 60.2 Å². The Bertz CT molecular complexity index is 697. The van der Waals surface area contributed by atoms with Crippen LogP contribution in [0.3, 0.4) is 0 Å². The zero-order valence-electron chi connectivity index (χ0n) is 10.8. The van der Waals surface area contributed by atoms with Crippen molar-refractivity contribution in [2.24, 2.45) is 0 Å². The molecule has 0 aliphatic carbocycles. The summed E-state index contributed by atoms with van der Waals surface area (Å²) in [5.74, 6) is -0.504. The molecule has 104 valence electrons. The van der Waals surface area contributed by atoms with Crippen molar-refractivity contribution in [3.8, 4) is 0 Å². The molecule has 0 spiro atoms. The number of hydrogen-bond donors (Lipinski definition) is 1. The molecule has 0 aliphatic rings. The quantitative estimate of drug-likeness (QED) is 0.463. The summed E-state index contributed by atoms with van der Waals surface area (Å²) in [5.41, 5.74) is 1.31. The number of hydrogen-bond acceptors (Lipinski definition) is 4. The van der Waals surface area contributed by atoms with Crippen molar-refractivity contribution in [1.82, 2.24) is 0 Å². The second-order valence-electron chi connectivity index (χ2n) is 4.22. The molecule has 2 aromatic rings. The molecule has 1 aromatic heterocycles. The van der Waals surface area contributed by atoms with Gasteiger partial charge in [-0.1, -0.05) is 0 Å². The normalized spacial score (nSPS) is 10.4. The van der Waals surface area contributed by atoms with Crippen LogP contribution in [0.2, 0.25) is 0 Å². The van der Waals surface area contributed by atoms with E-state index in [2.05, 4.69) is 5.32 Å². The predicted octanol–water partition coefficient (Wildman–Crippen LogP) is 4.56. The Kier molecular flexibility index (Phi) is 4.54. The summed E-state index contributed by atoms with van der Waals surface area (Å²) >= 11 is 3.19. The maximum Gasteiger partial charge on any atom is 0.170 e. The molecule has 1 heterocycles. The highest BCUT2D eigenvalue weighted by Gasteiger charge is 2.18. The van der Waals surface area contributed by atoms with Crippen molar-refractivity contribution < 1.29 is 14.0 Å². The molecular formula is C14H11FINO2S. The highest BCUT2D eigenvalue weighted by molar-refractivity contribution is 14.1. The number of aldehydes is 1. The Balaban J connectivity index is 2.45. The molecule has 0 bridgehead atoms. The molecule has 0 fully saturated rings. The first-order chi connectivity index (χ1) is 9.43. The number of thiophene rings is 1. The minimum absolute atomic E-state index is 0.105. The molecule has 0 amide bonds. The van der Waals surface area contributed by atoms with Crippen LogP contribution >= 0.6 is 33.9 Å². The third-order valence-corrected chi connectivity index (χ3v) is 4.81.